The van der Waals surface area contributed by atoms with E-state index >= 15 is 4.39 Å². The smallest absolute Gasteiger partial charge is 0.418 e. The molecular weight excluding hydrogens is 594 g/mol. The molecule has 4 aromatic heterocycles. The number of H-pyrrole nitrogens is 1. The van der Waals surface area contributed by atoms with Crippen LogP contribution in [0.2, 0.25) is 5.02 Å². The van der Waals surface area contributed by atoms with Crippen molar-refractivity contribution in [1.29, 1.82) is 0 Å². The molecule has 1 aliphatic heterocycles. The van der Waals surface area contributed by atoms with Crippen molar-refractivity contribution >= 4 is 40.0 Å². The van der Waals surface area contributed by atoms with Gasteiger partial charge in [0.15, 0.2) is 5.82 Å². The summed E-state index contributed by atoms with van der Waals surface area (Å²) in [6, 6.07) is 1.52. The molecule has 1 fully saturated rings. The molecule has 0 aromatic carbocycles. The lowest BCUT2D eigenvalue weighted by Crippen LogP contribution is -2.31. The zero-order chi connectivity index (χ0) is 31.2. The normalized spacial score (nSPS) is 16.5. The van der Waals surface area contributed by atoms with Gasteiger partial charge in [-0.15, -0.1) is 0 Å². The monoisotopic (exact) mass is 621 g/mol. The number of nitrogens with zero attached hydrogens (tertiary/aromatic N) is 5. The lowest BCUT2D eigenvalue weighted by molar-refractivity contribution is -0.137. The highest BCUT2D eigenvalue weighted by molar-refractivity contribution is 6.30. The topological polar surface area (TPSA) is 161 Å². The van der Waals surface area contributed by atoms with Crippen molar-refractivity contribution in [3.8, 4) is 17.3 Å². The molecule has 6 N–H and O–H groups in total. The summed E-state index contributed by atoms with van der Waals surface area (Å²) < 4.78 is 64.3. The standard InChI is InChI=1S/C27H28ClF4N9O2/c1-11(15-7-13(28)9-35-23(15)34)37-24-18-22(39-26(40-24)43-10-14-5-4-6-41(14)3)20(29)21(38-25(18)42)16-8-17(33)36-12(2)19(16)27(30,31)32/h7-9,11,14H,4-6,10H2,1-3H3,(H2,33,36)(H2,34,35)(H,38,42)(H,37,39,40)/t11-,14+/m1/s1. The molecule has 1 aliphatic rings. The number of aromatic nitrogens is 5. The van der Waals surface area contributed by atoms with Crippen LogP contribution in [0.4, 0.5) is 35.0 Å². The summed E-state index contributed by atoms with van der Waals surface area (Å²) in [6.45, 7) is 3.81. The average molecular weight is 622 g/mol. The van der Waals surface area contributed by atoms with Gasteiger partial charge in [0.2, 0.25) is 0 Å². The van der Waals surface area contributed by atoms with E-state index in [2.05, 4.69) is 35.1 Å². The van der Waals surface area contributed by atoms with Crippen LogP contribution in [-0.4, -0.2) is 56.1 Å². The molecule has 0 amide bonds. The Kier molecular flexibility index (Phi) is 8.05. The lowest BCUT2D eigenvalue weighted by Gasteiger charge is -2.21. The van der Waals surface area contributed by atoms with E-state index in [1.54, 1.807) is 13.0 Å². The third kappa shape index (κ3) is 5.99. The molecule has 0 unspecified atom stereocenters. The van der Waals surface area contributed by atoms with Crippen LogP contribution in [0.15, 0.2) is 23.1 Å². The Hall–Kier alpha value is -4.24. The van der Waals surface area contributed by atoms with E-state index in [0.29, 0.717) is 10.6 Å². The number of anilines is 3. The van der Waals surface area contributed by atoms with Gasteiger partial charge in [-0.25, -0.2) is 14.4 Å². The minimum absolute atomic E-state index is 0.0451. The Balaban J connectivity index is 1.69. The quantitative estimate of drug-likeness (QED) is 0.213. The molecule has 0 saturated carbocycles. The Labute approximate surface area is 247 Å². The Morgan fingerprint density at radius 2 is 2.00 bits per heavy atom. The van der Waals surface area contributed by atoms with Crippen LogP contribution < -0.4 is 27.1 Å². The number of fused-ring (bicyclic) bond motifs is 1. The van der Waals surface area contributed by atoms with Gasteiger partial charge in [0.25, 0.3) is 5.56 Å². The highest BCUT2D eigenvalue weighted by atomic mass is 35.5. The van der Waals surface area contributed by atoms with E-state index in [1.165, 1.54) is 6.20 Å². The highest BCUT2D eigenvalue weighted by Crippen LogP contribution is 2.40. The molecule has 11 nitrogen and oxygen atoms in total. The van der Waals surface area contributed by atoms with Gasteiger partial charge in [-0.1, -0.05) is 11.6 Å². The number of alkyl halides is 3. The second-order valence-corrected chi connectivity index (χ2v) is 10.8. The van der Waals surface area contributed by atoms with Crippen LogP contribution in [0.5, 0.6) is 6.01 Å². The third-order valence-electron chi connectivity index (χ3n) is 7.37. The first-order valence-electron chi connectivity index (χ1n) is 13.2. The van der Waals surface area contributed by atoms with Crippen molar-refractivity contribution in [2.75, 3.05) is 37.0 Å². The fraction of sp³-hybridized carbons (Fsp3) is 0.370. The fourth-order valence-corrected chi connectivity index (χ4v) is 5.39. The van der Waals surface area contributed by atoms with E-state index < -0.39 is 51.6 Å². The molecule has 0 spiro atoms. The van der Waals surface area contributed by atoms with E-state index in [0.717, 1.165) is 32.4 Å². The maximum absolute atomic E-state index is 16.3. The number of nitrogens with two attached hydrogens (primary N) is 2. The number of halogens is 5. The van der Waals surface area contributed by atoms with Crippen molar-refractivity contribution < 1.29 is 22.3 Å². The predicted octanol–water partition coefficient (Wildman–Crippen LogP) is 4.71. The Bertz CT molecular complexity index is 1770. The molecule has 0 bridgehead atoms. The summed E-state index contributed by atoms with van der Waals surface area (Å²) in [5.41, 5.74) is 7.50. The second-order valence-electron chi connectivity index (χ2n) is 10.4. The molecule has 0 aliphatic carbocycles. The summed E-state index contributed by atoms with van der Waals surface area (Å²) in [6.07, 6.45) is -1.75. The van der Waals surface area contributed by atoms with Gasteiger partial charge < -0.3 is 31.4 Å². The number of nitrogens with one attached hydrogen (secondary N) is 2. The van der Waals surface area contributed by atoms with E-state index in [4.69, 9.17) is 27.8 Å². The number of likely N-dealkylation sites (tertiary alicyclic amines) is 1. The van der Waals surface area contributed by atoms with Gasteiger partial charge in [-0.3, -0.25) is 4.79 Å². The van der Waals surface area contributed by atoms with Gasteiger partial charge in [-0.2, -0.15) is 23.1 Å². The van der Waals surface area contributed by atoms with E-state index in [-0.39, 0.29) is 41.5 Å². The Morgan fingerprint density at radius 1 is 1.26 bits per heavy atom. The number of aryl methyl sites for hydroxylation is 1. The first-order chi connectivity index (χ1) is 20.2. The molecule has 4 aromatic rings. The van der Waals surface area contributed by atoms with Crippen molar-refractivity contribution in [1.82, 2.24) is 29.8 Å². The average Bonchev–Trinajstić information content (AvgIpc) is 3.33. The van der Waals surface area contributed by atoms with Gasteiger partial charge in [0.1, 0.15) is 35.0 Å². The number of likely N-dealkylation sites (N-methyl/N-ethyl adjacent to an activating group) is 1. The summed E-state index contributed by atoms with van der Waals surface area (Å²) >= 11 is 6.09. The van der Waals surface area contributed by atoms with Gasteiger partial charge in [0.05, 0.1) is 28.0 Å². The molecule has 0 radical (unpaired) electrons. The van der Waals surface area contributed by atoms with Crippen LogP contribution in [0, 0.1) is 12.7 Å². The van der Waals surface area contributed by atoms with Crippen LogP contribution >= 0.6 is 11.6 Å². The minimum atomic E-state index is -4.93. The maximum Gasteiger partial charge on any atom is 0.418 e. The second kappa shape index (κ2) is 11.4. The number of hydrogen-bond acceptors (Lipinski definition) is 10. The van der Waals surface area contributed by atoms with Crippen molar-refractivity contribution in [3.05, 3.63) is 56.3 Å². The molecule has 5 rings (SSSR count). The number of hydrogen-bond donors (Lipinski definition) is 4. The van der Waals surface area contributed by atoms with Crippen LogP contribution in [-0.2, 0) is 6.18 Å². The van der Waals surface area contributed by atoms with Gasteiger partial charge in [-0.05, 0) is 52.4 Å². The Morgan fingerprint density at radius 3 is 2.67 bits per heavy atom. The summed E-state index contributed by atoms with van der Waals surface area (Å²) in [5, 5.41) is 2.96. The van der Waals surface area contributed by atoms with Crippen LogP contribution in [0.1, 0.15) is 42.6 Å². The molecule has 2 atom stereocenters. The maximum atomic E-state index is 16.3. The number of nitrogen functional groups attached to an aromatic ring is 2. The summed E-state index contributed by atoms with van der Waals surface area (Å²) in [7, 11) is 1.94. The number of aromatic amines is 1. The van der Waals surface area contributed by atoms with Crippen LogP contribution in [0.25, 0.3) is 22.2 Å². The molecule has 228 valence electrons. The first-order valence-corrected chi connectivity index (χ1v) is 13.6. The summed E-state index contributed by atoms with van der Waals surface area (Å²) in [5.74, 6) is -1.52. The highest BCUT2D eigenvalue weighted by Gasteiger charge is 2.38. The lowest BCUT2D eigenvalue weighted by atomic mass is 10.0. The molecule has 5 heterocycles. The van der Waals surface area contributed by atoms with Crippen molar-refractivity contribution in [2.24, 2.45) is 0 Å². The largest absolute Gasteiger partial charge is 0.462 e. The zero-order valence-corrected chi connectivity index (χ0v) is 24.1. The predicted molar refractivity (Wildman–Crippen MR) is 154 cm³/mol. The number of ether oxygens (including phenoxy) is 1. The number of pyridine rings is 3. The molecule has 16 heteroatoms. The fourth-order valence-electron chi connectivity index (χ4n) is 5.23. The first kappa shape index (κ1) is 30.2. The van der Waals surface area contributed by atoms with Crippen molar-refractivity contribution in [2.45, 2.75) is 44.9 Å². The molecule has 1 saturated heterocycles. The van der Waals surface area contributed by atoms with E-state index in [1.807, 2.05) is 7.05 Å². The molecular formula is C27H28ClF4N9O2. The number of rotatable bonds is 7. The van der Waals surface area contributed by atoms with Crippen LogP contribution in [0.3, 0.4) is 0 Å². The van der Waals surface area contributed by atoms with Crippen molar-refractivity contribution in [3.63, 3.8) is 0 Å². The van der Waals surface area contributed by atoms with Gasteiger partial charge >= 0.3 is 12.2 Å². The molecule has 43 heavy (non-hydrogen) atoms. The third-order valence-corrected chi connectivity index (χ3v) is 7.57. The van der Waals surface area contributed by atoms with Gasteiger partial charge in [0, 0.05) is 23.4 Å². The minimum Gasteiger partial charge on any atom is -0.462 e. The summed E-state index contributed by atoms with van der Waals surface area (Å²) in [4.78, 5) is 34.0. The SMILES string of the molecule is Cc1nc(N)cc(-c2[nH]c(=O)c3c(N[C@H](C)c4cc(Cl)cnc4N)nc(OC[C@@H]4CCCN4C)nc3c2F)c1C(F)(F)F. The zero-order valence-electron chi connectivity index (χ0n) is 23.3. The van der Waals surface area contributed by atoms with E-state index in [9.17, 15) is 18.0 Å².